The van der Waals surface area contributed by atoms with Crippen LogP contribution in [0.5, 0.6) is 0 Å². The van der Waals surface area contributed by atoms with Gasteiger partial charge >= 0.3 is 0 Å². The molecule has 0 unspecified atom stereocenters. The summed E-state index contributed by atoms with van der Waals surface area (Å²) in [6.45, 7) is 0. The standard InChI is InChI=1S/C11H7FN2/c12-11-4-3-9(2-1-6-13)8-10(11)5-7-14/h1-4,8H,5H2. The van der Waals surface area contributed by atoms with Crippen LogP contribution in [0.25, 0.3) is 6.08 Å². The first-order valence-corrected chi connectivity index (χ1v) is 3.99. The van der Waals surface area contributed by atoms with Gasteiger partial charge in [-0.15, -0.1) is 0 Å². The summed E-state index contributed by atoms with van der Waals surface area (Å²) in [5, 5.41) is 16.7. The first-order chi connectivity index (χ1) is 6.77. The highest BCUT2D eigenvalue weighted by Gasteiger charge is 2.01. The Morgan fingerprint density at radius 3 is 2.79 bits per heavy atom. The third kappa shape index (κ3) is 2.43. The second kappa shape index (κ2) is 4.79. The van der Waals surface area contributed by atoms with Crippen LogP contribution in [-0.4, -0.2) is 0 Å². The molecule has 3 heteroatoms. The summed E-state index contributed by atoms with van der Waals surface area (Å²) in [4.78, 5) is 0. The molecule has 1 aromatic carbocycles. The van der Waals surface area contributed by atoms with Crippen molar-refractivity contribution in [3.8, 4) is 12.1 Å². The van der Waals surface area contributed by atoms with Crippen LogP contribution >= 0.6 is 0 Å². The first kappa shape index (κ1) is 9.95. The lowest BCUT2D eigenvalue weighted by atomic mass is 10.1. The Labute approximate surface area is 81.5 Å². The fraction of sp³-hybridized carbons (Fsp3) is 0.0909. The molecule has 14 heavy (non-hydrogen) atoms. The molecule has 0 aliphatic heterocycles. The summed E-state index contributed by atoms with van der Waals surface area (Å²) >= 11 is 0. The minimum absolute atomic E-state index is 0.0417. The minimum atomic E-state index is -0.388. The molecular formula is C11H7FN2. The van der Waals surface area contributed by atoms with Crippen LogP contribution in [-0.2, 0) is 6.42 Å². The molecule has 0 fully saturated rings. The first-order valence-electron chi connectivity index (χ1n) is 3.99. The van der Waals surface area contributed by atoms with Gasteiger partial charge in [-0.3, -0.25) is 0 Å². The Hall–Kier alpha value is -2.13. The van der Waals surface area contributed by atoms with Crippen LogP contribution in [0.3, 0.4) is 0 Å². The molecular weight excluding hydrogens is 179 g/mol. The highest BCUT2D eigenvalue weighted by molar-refractivity contribution is 5.53. The Morgan fingerprint density at radius 1 is 1.36 bits per heavy atom. The Balaban J connectivity index is 3.02. The zero-order valence-corrected chi connectivity index (χ0v) is 7.37. The lowest BCUT2D eigenvalue weighted by Gasteiger charge is -1.99. The zero-order valence-electron chi connectivity index (χ0n) is 7.37. The highest BCUT2D eigenvalue weighted by Crippen LogP contribution is 2.12. The number of hydrogen-bond donors (Lipinski definition) is 0. The summed E-state index contributed by atoms with van der Waals surface area (Å²) < 4.78 is 13.0. The maximum Gasteiger partial charge on any atom is 0.127 e. The van der Waals surface area contributed by atoms with Crippen molar-refractivity contribution in [1.29, 1.82) is 10.5 Å². The highest BCUT2D eigenvalue weighted by atomic mass is 19.1. The van der Waals surface area contributed by atoms with Gasteiger partial charge in [0.05, 0.1) is 18.6 Å². The minimum Gasteiger partial charge on any atom is -0.207 e. The number of nitriles is 2. The maximum absolute atomic E-state index is 13.0. The Morgan fingerprint density at radius 2 is 2.14 bits per heavy atom. The predicted molar refractivity (Wildman–Crippen MR) is 50.4 cm³/mol. The van der Waals surface area contributed by atoms with E-state index in [1.807, 2.05) is 12.1 Å². The van der Waals surface area contributed by atoms with Crippen molar-refractivity contribution >= 4 is 6.08 Å². The molecule has 1 aromatic rings. The third-order valence-corrected chi connectivity index (χ3v) is 1.69. The molecule has 0 bridgehead atoms. The molecule has 68 valence electrons. The van der Waals surface area contributed by atoms with E-state index in [0.717, 1.165) is 5.56 Å². The number of nitrogens with zero attached hydrogens (tertiary/aromatic N) is 2. The van der Waals surface area contributed by atoms with Gasteiger partial charge in [0.25, 0.3) is 0 Å². The largest absolute Gasteiger partial charge is 0.207 e. The van der Waals surface area contributed by atoms with Crippen molar-refractivity contribution in [3.63, 3.8) is 0 Å². The van der Waals surface area contributed by atoms with E-state index in [4.69, 9.17) is 10.5 Å². The fourth-order valence-corrected chi connectivity index (χ4v) is 1.05. The van der Waals surface area contributed by atoms with Gasteiger partial charge in [-0.2, -0.15) is 10.5 Å². The Kier molecular flexibility index (Phi) is 3.41. The maximum atomic E-state index is 13.0. The van der Waals surface area contributed by atoms with Gasteiger partial charge in [0.1, 0.15) is 5.82 Å². The quantitative estimate of drug-likeness (QED) is 0.666. The van der Waals surface area contributed by atoms with Gasteiger partial charge in [0.15, 0.2) is 0 Å². The molecule has 1 rings (SSSR count). The molecule has 0 saturated heterocycles. The summed E-state index contributed by atoms with van der Waals surface area (Å²) in [5.41, 5.74) is 1.07. The Bertz CT molecular complexity index is 436. The van der Waals surface area contributed by atoms with Crippen LogP contribution in [0.1, 0.15) is 11.1 Å². The lowest BCUT2D eigenvalue weighted by molar-refractivity contribution is 0.615. The molecule has 0 radical (unpaired) electrons. The third-order valence-electron chi connectivity index (χ3n) is 1.69. The van der Waals surface area contributed by atoms with E-state index in [1.165, 1.54) is 12.1 Å². The second-order valence-electron chi connectivity index (χ2n) is 2.65. The molecule has 0 aliphatic carbocycles. The van der Waals surface area contributed by atoms with E-state index in [-0.39, 0.29) is 12.2 Å². The van der Waals surface area contributed by atoms with Crippen molar-refractivity contribution in [2.45, 2.75) is 6.42 Å². The van der Waals surface area contributed by atoms with Crippen molar-refractivity contribution in [2.24, 2.45) is 0 Å². The molecule has 0 saturated carbocycles. The van der Waals surface area contributed by atoms with Gasteiger partial charge < -0.3 is 0 Å². The van der Waals surface area contributed by atoms with Crippen molar-refractivity contribution in [1.82, 2.24) is 0 Å². The lowest BCUT2D eigenvalue weighted by Crippen LogP contribution is -1.88. The number of hydrogen-bond acceptors (Lipinski definition) is 2. The average Bonchev–Trinajstić information content (AvgIpc) is 2.19. The summed E-state index contributed by atoms with van der Waals surface area (Å²) in [6, 6.07) is 8.14. The SMILES string of the molecule is N#CC=Cc1ccc(F)c(CC#N)c1. The molecule has 0 aliphatic rings. The molecule has 0 atom stereocenters. The van der Waals surface area contributed by atoms with Crippen LogP contribution in [0, 0.1) is 28.5 Å². The topological polar surface area (TPSA) is 47.6 Å². The summed E-state index contributed by atoms with van der Waals surface area (Å²) in [5.74, 6) is -0.388. The molecule has 0 N–H and O–H groups in total. The fourth-order valence-electron chi connectivity index (χ4n) is 1.05. The average molecular weight is 186 g/mol. The van der Waals surface area contributed by atoms with E-state index in [2.05, 4.69) is 0 Å². The van der Waals surface area contributed by atoms with Crippen molar-refractivity contribution in [2.75, 3.05) is 0 Å². The van der Waals surface area contributed by atoms with E-state index in [0.29, 0.717) is 5.56 Å². The van der Waals surface area contributed by atoms with Gasteiger partial charge in [-0.05, 0) is 23.8 Å². The van der Waals surface area contributed by atoms with Crippen LogP contribution in [0.2, 0.25) is 0 Å². The second-order valence-corrected chi connectivity index (χ2v) is 2.65. The van der Waals surface area contributed by atoms with Gasteiger partial charge in [0, 0.05) is 11.6 Å². The zero-order chi connectivity index (χ0) is 10.4. The van der Waals surface area contributed by atoms with Gasteiger partial charge in [-0.1, -0.05) is 6.07 Å². The smallest absolute Gasteiger partial charge is 0.127 e. The normalized spacial score (nSPS) is 9.64. The molecule has 0 heterocycles. The van der Waals surface area contributed by atoms with Crippen molar-refractivity contribution < 1.29 is 4.39 Å². The van der Waals surface area contributed by atoms with Crippen LogP contribution in [0.15, 0.2) is 24.3 Å². The monoisotopic (exact) mass is 186 g/mol. The van der Waals surface area contributed by atoms with Crippen molar-refractivity contribution in [3.05, 3.63) is 41.2 Å². The predicted octanol–water partition coefficient (Wildman–Crippen LogP) is 2.43. The van der Waals surface area contributed by atoms with Crippen LogP contribution < -0.4 is 0 Å². The molecule has 0 amide bonds. The molecule has 2 nitrogen and oxygen atoms in total. The van der Waals surface area contributed by atoms with Gasteiger partial charge in [-0.25, -0.2) is 4.39 Å². The van der Waals surface area contributed by atoms with Gasteiger partial charge in [0.2, 0.25) is 0 Å². The molecule has 0 aromatic heterocycles. The summed E-state index contributed by atoms with van der Waals surface area (Å²) in [7, 11) is 0. The van der Waals surface area contributed by atoms with E-state index in [9.17, 15) is 4.39 Å². The number of rotatable bonds is 2. The number of benzene rings is 1. The number of allylic oxidation sites excluding steroid dienone is 1. The molecule has 0 spiro atoms. The van der Waals surface area contributed by atoms with Crippen LogP contribution in [0.4, 0.5) is 4.39 Å². The van der Waals surface area contributed by atoms with E-state index < -0.39 is 0 Å². The number of halogens is 1. The summed E-state index contributed by atoms with van der Waals surface area (Å²) in [6.07, 6.45) is 2.92. The van der Waals surface area contributed by atoms with E-state index >= 15 is 0 Å². The van der Waals surface area contributed by atoms with E-state index in [1.54, 1.807) is 18.2 Å².